The fourth-order valence-electron chi connectivity index (χ4n) is 1.57. The van der Waals surface area contributed by atoms with Gasteiger partial charge in [0, 0.05) is 28.9 Å². The van der Waals surface area contributed by atoms with Crippen LogP contribution in [0.1, 0.15) is 11.1 Å². The molecule has 0 radical (unpaired) electrons. The second-order valence-corrected chi connectivity index (χ2v) is 4.46. The first kappa shape index (κ1) is 12.8. The molecule has 1 nitrogen and oxygen atoms in total. The van der Waals surface area contributed by atoms with Crippen molar-refractivity contribution in [2.24, 2.45) is 0 Å². The monoisotopic (exact) mass is 267 g/mol. The van der Waals surface area contributed by atoms with Gasteiger partial charge in [-0.05, 0) is 30.7 Å². The molecule has 0 saturated carbocycles. The summed E-state index contributed by atoms with van der Waals surface area (Å²) in [7, 11) is 0. The second-order valence-electron chi connectivity index (χ2n) is 4.05. The zero-order valence-electron chi connectivity index (χ0n) is 9.81. The highest BCUT2D eigenvalue weighted by Crippen LogP contribution is 2.20. The van der Waals surface area contributed by atoms with E-state index in [1.54, 1.807) is 6.07 Å². The number of hydrogen-bond acceptors (Lipinski definition) is 1. The average Bonchev–Trinajstić information content (AvgIpc) is 2.32. The minimum atomic E-state index is -0.574. The van der Waals surface area contributed by atoms with Gasteiger partial charge in [0.05, 0.1) is 0 Å². The summed E-state index contributed by atoms with van der Waals surface area (Å²) in [5.41, 5.74) is 2.19. The zero-order valence-corrected chi connectivity index (χ0v) is 10.6. The van der Waals surface area contributed by atoms with E-state index in [2.05, 4.69) is 5.32 Å². The predicted molar refractivity (Wildman–Crippen MR) is 69.9 cm³/mol. The second kappa shape index (κ2) is 5.36. The molecule has 0 aromatic heterocycles. The lowest BCUT2D eigenvalue weighted by atomic mass is 10.2. The maximum absolute atomic E-state index is 13.4. The van der Waals surface area contributed by atoms with E-state index in [4.69, 9.17) is 11.6 Å². The Hall–Kier alpha value is -1.61. The van der Waals surface area contributed by atoms with Crippen LogP contribution in [0.25, 0.3) is 0 Å². The number of nitrogens with one attached hydrogen (secondary N) is 1. The first-order chi connectivity index (χ1) is 8.56. The normalized spacial score (nSPS) is 10.4. The van der Waals surface area contributed by atoms with Crippen LogP contribution in [-0.4, -0.2) is 0 Å². The Morgan fingerprint density at radius 2 is 1.89 bits per heavy atom. The van der Waals surface area contributed by atoms with Gasteiger partial charge in [-0.3, -0.25) is 0 Å². The summed E-state index contributed by atoms with van der Waals surface area (Å²) in [6, 6.07) is 9.06. The molecule has 2 aromatic rings. The third-order valence-corrected chi connectivity index (χ3v) is 3.08. The first-order valence-electron chi connectivity index (χ1n) is 5.50. The van der Waals surface area contributed by atoms with Crippen molar-refractivity contribution in [2.75, 3.05) is 5.32 Å². The summed E-state index contributed by atoms with van der Waals surface area (Å²) in [4.78, 5) is 0. The van der Waals surface area contributed by atoms with Crippen LogP contribution in [0.3, 0.4) is 0 Å². The van der Waals surface area contributed by atoms with Gasteiger partial charge in [0.1, 0.15) is 11.6 Å². The van der Waals surface area contributed by atoms with Crippen molar-refractivity contribution >= 4 is 17.3 Å². The largest absolute Gasteiger partial charge is 0.381 e. The minimum absolute atomic E-state index is 0.283. The lowest BCUT2D eigenvalue weighted by Gasteiger charge is -2.08. The number of rotatable bonds is 3. The van der Waals surface area contributed by atoms with E-state index < -0.39 is 11.6 Å². The Balaban J connectivity index is 2.09. The lowest BCUT2D eigenvalue weighted by Crippen LogP contribution is -2.02. The van der Waals surface area contributed by atoms with Crippen LogP contribution in [0.2, 0.25) is 5.02 Å². The number of aryl methyl sites for hydroxylation is 1. The summed E-state index contributed by atoms with van der Waals surface area (Å²) in [6.07, 6.45) is 0. The summed E-state index contributed by atoms with van der Waals surface area (Å²) >= 11 is 5.98. The summed E-state index contributed by atoms with van der Waals surface area (Å²) < 4.78 is 26.1. The van der Waals surface area contributed by atoms with Crippen LogP contribution in [0.4, 0.5) is 14.5 Å². The van der Waals surface area contributed by atoms with Gasteiger partial charge in [-0.25, -0.2) is 8.78 Å². The SMILES string of the molecule is Cc1ccc(NCc2ccc(F)cc2F)cc1Cl. The first-order valence-corrected chi connectivity index (χ1v) is 5.88. The third kappa shape index (κ3) is 2.99. The maximum atomic E-state index is 13.4. The van der Waals surface area contributed by atoms with E-state index in [9.17, 15) is 8.78 Å². The molecule has 0 unspecified atom stereocenters. The molecule has 0 heterocycles. The molecule has 0 aliphatic heterocycles. The van der Waals surface area contributed by atoms with Crippen LogP contribution in [0.5, 0.6) is 0 Å². The van der Waals surface area contributed by atoms with Crippen molar-refractivity contribution in [2.45, 2.75) is 13.5 Å². The number of anilines is 1. The van der Waals surface area contributed by atoms with Crippen molar-refractivity contribution in [3.63, 3.8) is 0 Å². The Bertz CT molecular complexity index is 570. The number of hydrogen-bond donors (Lipinski definition) is 1. The van der Waals surface area contributed by atoms with Gasteiger partial charge in [0.25, 0.3) is 0 Å². The van der Waals surface area contributed by atoms with E-state index in [0.717, 1.165) is 17.3 Å². The average molecular weight is 268 g/mol. The van der Waals surface area contributed by atoms with Crippen molar-refractivity contribution in [3.8, 4) is 0 Å². The van der Waals surface area contributed by atoms with Gasteiger partial charge in [0.15, 0.2) is 0 Å². The zero-order chi connectivity index (χ0) is 13.1. The Kier molecular flexibility index (Phi) is 3.82. The van der Waals surface area contributed by atoms with Crippen LogP contribution >= 0.6 is 11.6 Å². The topological polar surface area (TPSA) is 12.0 Å². The van der Waals surface area contributed by atoms with E-state index >= 15 is 0 Å². The van der Waals surface area contributed by atoms with E-state index in [-0.39, 0.29) is 6.54 Å². The third-order valence-electron chi connectivity index (χ3n) is 2.67. The number of benzene rings is 2. The molecular weight excluding hydrogens is 256 g/mol. The summed E-state index contributed by atoms with van der Waals surface area (Å²) in [5.74, 6) is -1.13. The van der Waals surface area contributed by atoms with Crippen LogP contribution < -0.4 is 5.32 Å². The van der Waals surface area contributed by atoms with Crippen molar-refractivity contribution in [1.29, 1.82) is 0 Å². The molecule has 0 atom stereocenters. The quantitative estimate of drug-likeness (QED) is 0.861. The van der Waals surface area contributed by atoms with E-state index in [1.807, 2.05) is 19.1 Å². The van der Waals surface area contributed by atoms with E-state index in [1.165, 1.54) is 12.1 Å². The van der Waals surface area contributed by atoms with Crippen molar-refractivity contribution in [1.82, 2.24) is 0 Å². The number of halogens is 3. The molecular formula is C14H12ClF2N. The molecule has 0 fully saturated rings. The van der Waals surface area contributed by atoms with Crippen LogP contribution in [0, 0.1) is 18.6 Å². The molecule has 18 heavy (non-hydrogen) atoms. The molecule has 0 saturated heterocycles. The molecule has 0 amide bonds. The van der Waals surface area contributed by atoms with E-state index in [0.29, 0.717) is 10.6 Å². The molecule has 2 rings (SSSR count). The highest BCUT2D eigenvalue weighted by atomic mass is 35.5. The molecule has 0 aliphatic carbocycles. The van der Waals surface area contributed by atoms with Crippen LogP contribution in [0.15, 0.2) is 36.4 Å². The van der Waals surface area contributed by atoms with Gasteiger partial charge >= 0.3 is 0 Å². The van der Waals surface area contributed by atoms with Gasteiger partial charge in [-0.15, -0.1) is 0 Å². The smallest absolute Gasteiger partial charge is 0.131 e. The molecule has 2 aromatic carbocycles. The molecule has 4 heteroatoms. The molecule has 0 spiro atoms. The van der Waals surface area contributed by atoms with Gasteiger partial charge < -0.3 is 5.32 Å². The predicted octanol–water partition coefficient (Wildman–Crippen LogP) is 4.54. The maximum Gasteiger partial charge on any atom is 0.131 e. The Labute approximate surface area is 109 Å². The van der Waals surface area contributed by atoms with Gasteiger partial charge in [0.2, 0.25) is 0 Å². The van der Waals surface area contributed by atoms with Gasteiger partial charge in [-0.2, -0.15) is 0 Å². The van der Waals surface area contributed by atoms with Crippen LogP contribution in [-0.2, 0) is 6.54 Å². The fourth-order valence-corrected chi connectivity index (χ4v) is 1.75. The van der Waals surface area contributed by atoms with Gasteiger partial charge in [-0.1, -0.05) is 23.7 Å². The summed E-state index contributed by atoms with van der Waals surface area (Å²) in [6.45, 7) is 2.19. The molecule has 0 aliphatic rings. The molecule has 94 valence electrons. The lowest BCUT2D eigenvalue weighted by molar-refractivity contribution is 0.574. The highest BCUT2D eigenvalue weighted by Gasteiger charge is 2.04. The molecule has 1 N–H and O–H groups in total. The van der Waals surface area contributed by atoms with Crippen molar-refractivity contribution in [3.05, 3.63) is 64.2 Å². The Morgan fingerprint density at radius 1 is 1.11 bits per heavy atom. The summed E-state index contributed by atoms with van der Waals surface area (Å²) in [5, 5.41) is 3.69. The van der Waals surface area contributed by atoms with Crippen molar-refractivity contribution < 1.29 is 8.78 Å². The standard InChI is InChI=1S/C14H12ClF2N/c1-9-2-5-12(7-13(9)15)18-8-10-3-4-11(16)6-14(10)17/h2-7,18H,8H2,1H3. The fraction of sp³-hybridized carbons (Fsp3) is 0.143. The minimum Gasteiger partial charge on any atom is -0.381 e. The molecule has 0 bridgehead atoms. The Morgan fingerprint density at radius 3 is 2.56 bits per heavy atom. The highest BCUT2D eigenvalue weighted by molar-refractivity contribution is 6.31.